The molecule has 6 nitrogen and oxygen atoms in total. The van der Waals surface area contributed by atoms with Crippen LogP contribution in [-0.2, 0) is 14.4 Å². The van der Waals surface area contributed by atoms with Gasteiger partial charge in [0.15, 0.2) is 5.60 Å². The first-order valence-corrected chi connectivity index (χ1v) is 10.0. The number of likely N-dealkylation sites (tertiary alicyclic amines) is 1. The van der Waals surface area contributed by atoms with Crippen molar-refractivity contribution in [1.29, 1.82) is 0 Å². The Hall–Kier alpha value is -2.08. The van der Waals surface area contributed by atoms with Gasteiger partial charge < -0.3 is 15.1 Å². The molecule has 1 unspecified atom stereocenters. The molecule has 3 aliphatic rings. The van der Waals surface area contributed by atoms with Gasteiger partial charge in [0.2, 0.25) is 5.91 Å². The third-order valence-corrected chi connectivity index (χ3v) is 5.97. The highest BCUT2D eigenvalue weighted by Gasteiger charge is 2.46. The SMILES string of the molecule is O=C(Nc1cccc(Cl)c1)C1=NOC2(CCCN(C(=O)C3CCCC3)C2)C1. The summed E-state index contributed by atoms with van der Waals surface area (Å²) in [4.78, 5) is 33.0. The lowest BCUT2D eigenvalue weighted by atomic mass is 9.87. The maximum absolute atomic E-state index is 12.8. The molecule has 144 valence electrons. The smallest absolute Gasteiger partial charge is 0.273 e. The molecule has 2 amide bonds. The van der Waals surface area contributed by atoms with E-state index in [1.807, 2.05) is 4.90 Å². The van der Waals surface area contributed by atoms with Crippen molar-refractivity contribution in [2.24, 2.45) is 11.1 Å². The van der Waals surface area contributed by atoms with Crippen LogP contribution in [0, 0.1) is 5.92 Å². The van der Waals surface area contributed by atoms with Crippen LogP contribution >= 0.6 is 11.6 Å². The average Bonchev–Trinajstić information content (AvgIpc) is 3.32. The Morgan fingerprint density at radius 2 is 2.07 bits per heavy atom. The lowest BCUT2D eigenvalue weighted by molar-refractivity contribution is -0.144. The van der Waals surface area contributed by atoms with Crippen LogP contribution < -0.4 is 5.32 Å². The molecule has 1 saturated heterocycles. The van der Waals surface area contributed by atoms with Gasteiger partial charge in [-0.05, 0) is 43.9 Å². The molecule has 1 saturated carbocycles. The Balaban J connectivity index is 1.38. The number of benzene rings is 1. The maximum Gasteiger partial charge on any atom is 0.273 e. The molecule has 0 bridgehead atoms. The first-order valence-electron chi connectivity index (χ1n) is 9.65. The zero-order chi connectivity index (χ0) is 18.9. The number of anilines is 1. The van der Waals surface area contributed by atoms with Crippen LogP contribution in [0.1, 0.15) is 44.9 Å². The number of rotatable bonds is 3. The van der Waals surface area contributed by atoms with Crippen LogP contribution in [0.3, 0.4) is 0 Å². The summed E-state index contributed by atoms with van der Waals surface area (Å²) in [7, 11) is 0. The largest absolute Gasteiger partial charge is 0.386 e. The number of halogens is 1. The molecule has 4 rings (SSSR count). The fraction of sp³-hybridized carbons (Fsp3) is 0.550. The van der Waals surface area contributed by atoms with E-state index in [1.165, 1.54) is 0 Å². The van der Waals surface area contributed by atoms with Gasteiger partial charge in [0.1, 0.15) is 5.71 Å². The quantitative estimate of drug-likeness (QED) is 0.858. The molecule has 27 heavy (non-hydrogen) atoms. The molecular formula is C20H24ClN3O3. The summed E-state index contributed by atoms with van der Waals surface area (Å²) in [6.07, 6.45) is 6.37. The summed E-state index contributed by atoms with van der Waals surface area (Å²) < 4.78 is 0. The van der Waals surface area contributed by atoms with Gasteiger partial charge in [-0.2, -0.15) is 0 Å². The molecule has 1 atom stereocenters. The maximum atomic E-state index is 12.8. The predicted octanol–water partition coefficient (Wildman–Crippen LogP) is 3.61. The van der Waals surface area contributed by atoms with Gasteiger partial charge in [-0.15, -0.1) is 0 Å². The number of carbonyl (C=O) groups is 2. The molecule has 0 aromatic heterocycles. The number of nitrogens with zero attached hydrogens (tertiary/aromatic N) is 2. The second kappa shape index (κ2) is 7.50. The van der Waals surface area contributed by atoms with Gasteiger partial charge in [0, 0.05) is 29.6 Å². The van der Waals surface area contributed by atoms with E-state index in [2.05, 4.69) is 10.5 Å². The summed E-state index contributed by atoms with van der Waals surface area (Å²) >= 11 is 5.96. The Labute approximate surface area is 163 Å². The van der Waals surface area contributed by atoms with Gasteiger partial charge >= 0.3 is 0 Å². The van der Waals surface area contributed by atoms with E-state index >= 15 is 0 Å². The molecule has 2 aliphatic heterocycles. The van der Waals surface area contributed by atoms with Crippen LogP contribution in [-0.4, -0.2) is 41.1 Å². The molecule has 1 aliphatic carbocycles. The first kappa shape index (κ1) is 18.3. The topological polar surface area (TPSA) is 71.0 Å². The number of nitrogens with one attached hydrogen (secondary N) is 1. The van der Waals surface area contributed by atoms with E-state index in [0.29, 0.717) is 29.4 Å². The van der Waals surface area contributed by atoms with E-state index < -0.39 is 5.60 Å². The predicted molar refractivity (Wildman–Crippen MR) is 104 cm³/mol. The first-order chi connectivity index (χ1) is 13.0. The molecule has 7 heteroatoms. The minimum Gasteiger partial charge on any atom is -0.386 e. The van der Waals surface area contributed by atoms with Crippen molar-refractivity contribution in [2.75, 3.05) is 18.4 Å². The van der Waals surface area contributed by atoms with E-state index in [4.69, 9.17) is 16.4 Å². The Morgan fingerprint density at radius 1 is 1.26 bits per heavy atom. The molecule has 1 aromatic carbocycles. The highest BCUT2D eigenvalue weighted by Crippen LogP contribution is 2.36. The van der Waals surface area contributed by atoms with E-state index in [-0.39, 0.29) is 17.7 Å². The third kappa shape index (κ3) is 3.95. The van der Waals surface area contributed by atoms with Crippen molar-refractivity contribution in [1.82, 2.24) is 4.90 Å². The average molecular weight is 390 g/mol. The number of carbonyl (C=O) groups excluding carboxylic acids is 2. The lowest BCUT2D eigenvalue weighted by Gasteiger charge is -2.39. The van der Waals surface area contributed by atoms with Crippen molar-refractivity contribution < 1.29 is 14.4 Å². The van der Waals surface area contributed by atoms with Gasteiger partial charge in [0.05, 0.1) is 6.54 Å². The third-order valence-electron chi connectivity index (χ3n) is 5.74. The summed E-state index contributed by atoms with van der Waals surface area (Å²) in [5, 5.41) is 7.42. The number of piperidine rings is 1. The summed E-state index contributed by atoms with van der Waals surface area (Å²) in [6.45, 7) is 1.28. The van der Waals surface area contributed by atoms with Crippen LogP contribution in [0.15, 0.2) is 29.4 Å². The molecular weight excluding hydrogens is 366 g/mol. The summed E-state index contributed by atoms with van der Waals surface area (Å²) in [5.74, 6) is 0.119. The van der Waals surface area contributed by atoms with Crippen molar-refractivity contribution >= 4 is 34.8 Å². The van der Waals surface area contributed by atoms with E-state index in [1.54, 1.807) is 24.3 Å². The highest BCUT2D eigenvalue weighted by molar-refractivity contribution is 6.43. The molecule has 2 heterocycles. The molecule has 1 spiro atoms. The van der Waals surface area contributed by atoms with Gasteiger partial charge in [0.25, 0.3) is 5.91 Å². The minimum absolute atomic E-state index is 0.160. The molecule has 2 fully saturated rings. The fourth-order valence-electron chi connectivity index (χ4n) is 4.35. The van der Waals surface area contributed by atoms with Gasteiger partial charge in [-0.1, -0.05) is 35.7 Å². The summed E-state index contributed by atoms with van der Waals surface area (Å²) in [6, 6.07) is 6.99. The minimum atomic E-state index is -0.562. The van der Waals surface area contributed by atoms with Crippen molar-refractivity contribution in [2.45, 2.75) is 50.5 Å². The molecule has 0 radical (unpaired) electrons. The lowest BCUT2D eigenvalue weighted by Crippen LogP contribution is -2.52. The zero-order valence-corrected chi connectivity index (χ0v) is 16.0. The van der Waals surface area contributed by atoms with Crippen LogP contribution in [0.25, 0.3) is 0 Å². The standard InChI is InChI=1S/C20H24ClN3O3/c21-15-7-3-8-16(11-15)22-18(25)17-12-20(27-23-17)9-4-10-24(13-20)19(26)14-5-1-2-6-14/h3,7-8,11,14H,1-2,4-6,9-10,12-13H2,(H,22,25). The van der Waals surface area contributed by atoms with Crippen LogP contribution in [0.5, 0.6) is 0 Å². The number of amides is 2. The Bertz CT molecular complexity index is 775. The number of hydrogen-bond acceptors (Lipinski definition) is 4. The van der Waals surface area contributed by atoms with Gasteiger partial charge in [-0.25, -0.2) is 0 Å². The van der Waals surface area contributed by atoms with Crippen LogP contribution in [0.2, 0.25) is 5.02 Å². The second-order valence-corrected chi connectivity index (χ2v) is 8.23. The van der Waals surface area contributed by atoms with Crippen LogP contribution in [0.4, 0.5) is 5.69 Å². The van der Waals surface area contributed by atoms with Crippen molar-refractivity contribution in [3.8, 4) is 0 Å². The van der Waals surface area contributed by atoms with E-state index in [0.717, 1.165) is 45.1 Å². The second-order valence-electron chi connectivity index (χ2n) is 7.80. The Morgan fingerprint density at radius 3 is 2.85 bits per heavy atom. The highest BCUT2D eigenvalue weighted by atomic mass is 35.5. The fourth-order valence-corrected chi connectivity index (χ4v) is 4.54. The number of hydrogen-bond donors (Lipinski definition) is 1. The van der Waals surface area contributed by atoms with Crippen molar-refractivity contribution in [3.63, 3.8) is 0 Å². The van der Waals surface area contributed by atoms with Crippen molar-refractivity contribution in [3.05, 3.63) is 29.3 Å². The normalized spacial score (nSPS) is 25.4. The monoisotopic (exact) mass is 389 g/mol. The van der Waals surface area contributed by atoms with Gasteiger partial charge in [-0.3, -0.25) is 9.59 Å². The Kier molecular flexibility index (Phi) is 5.08. The molecule has 1 aromatic rings. The molecule has 1 N–H and O–H groups in total. The summed E-state index contributed by atoms with van der Waals surface area (Å²) in [5.41, 5.74) is 0.427. The van der Waals surface area contributed by atoms with E-state index in [9.17, 15) is 9.59 Å². The number of oxime groups is 1. The zero-order valence-electron chi connectivity index (χ0n) is 15.2.